The van der Waals surface area contributed by atoms with Gasteiger partial charge in [0.1, 0.15) is 24.6 Å². The van der Waals surface area contributed by atoms with Crippen LogP contribution in [0.4, 0.5) is 10.2 Å². The summed E-state index contributed by atoms with van der Waals surface area (Å²) in [6.07, 6.45) is 3.52. The molecule has 14 nitrogen and oxygen atoms in total. The standard InChI is InChI=1S/C31H29FN10O4/c1-2-22-20(29(33)44)12-23(38-22)17-5-7-35-26(10-17)39-31(46)25-11-19(32)14-41(25)27(43)15-42-24-4-3-16(18-6-8-36-37-13-18)9-21(24)28(40-42)30(34)45/h3-10,12-13,19,25,38H,2,11,14-15H2,1H3,(H2,33,44)(H2,34,45)(H,35,39,46). The minimum Gasteiger partial charge on any atom is -0.366 e. The molecule has 0 aliphatic carbocycles. The summed E-state index contributed by atoms with van der Waals surface area (Å²) in [5, 5.41) is 15.0. The van der Waals surface area contributed by atoms with Crippen LogP contribution in [0.15, 0.2) is 61.1 Å². The van der Waals surface area contributed by atoms with Crippen molar-refractivity contribution in [1.29, 1.82) is 0 Å². The number of hydrogen-bond acceptors (Lipinski definition) is 8. The summed E-state index contributed by atoms with van der Waals surface area (Å²) in [7, 11) is 0. The number of carbonyl (C=O) groups excluding carboxylic acids is 4. The second-order valence-electron chi connectivity index (χ2n) is 10.8. The van der Waals surface area contributed by atoms with Crippen molar-refractivity contribution in [1.82, 2.24) is 34.8 Å². The number of nitrogens with zero attached hydrogens (tertiary/aromatic N) is 6. The van der Waals surface area contributed by atoms with E-state index in [4.69, 9.17) is 11.5 Å². The van der Waals surface area contributed by atoms with Crippen LogP contribution in [0, 0.1) is 0 Å². The van der Waals surface area contributed by atoms with E-state index in [9.17, 15) is 23.6 Å². The van der Waals surface area contributed by atoms with E-state index in [-0.39, 0.29) is 31.0 Å². The number of anilines is 1. The van der Waals surface area contributed by atoms with Gasteiger partial charge in [0.15, 0.2) is 5.69 Å². The smallest absolute Gasteiger partial charge is 0.269 e. The second-order valence-corrected chi connectivity index (χ2v) is 10.8. The van der Waals surface area contributed by atoms with E-state index >= 15 is 0 Å². The SMILES string of the molecule is CCc1[nH]c(-c2ccnc(NC(=O)C3CC(F)CN3C(=O)Cn3nc(C(N)=O)c4cc(-c5ccnnc5)ccc43)c2)cc1C(N)=O. The molecule has 1 fully saturated rings. The summed E-state index contributed by atoms with van der Waals surface area (Å²) < 4.78 is 16.0. The van der Waals surface area contributed by atoms with Crippen molar-refractivity contribution in [3.8, 4) is 22.4 Å². The molecular formula is C31H29FN10O4. The van der Waals surface area contributed by atoms with Gasteiger partial charge in [-0.1, -0.05) is 13.0 Å². The van der Waals surface area contributed by atoms with Crippen LogP contribution in [0.5, 0.6) is 0 Å². The van der Waals surface area contributed by atoms with Crippen molar-refractivity contribution in [2.24, 2.45) is 11.5 Å². The van der Waals surface area contributed by atoms with Gasteiger partial charge in [0.05, 0.1) is 30.0 Å². The summed E-state index contributed by atoms with van der Waals surface area (Å²) in [5.41, 5.74) is 15.3. The molecule has 6 rings (SSSR count). The fourth-order valence-corrected chi connectivity index (χ4v) is 5.68. The summed E-state index contributed by atoms with van der Waals surface area (Å²) in [6.45, 7) is 1.24. The number of aryl methyl sites for hydroxylation is 1. The predicted molar refractivity (Wildman–Crippen MR) is 165 cm³/mol. The maximum absolute atomic E-state index is 14.7. The Morgan fingerprint density at radius 2 is 1.80 bits per heavy atom. The number of rotatable bonds is 9. The predicted octanol–water partition coefficient (Wildman–Crippen LogP) is 2.22. The highest BCUT2D eigenvalue weighted by Gasteiger charge is 2.40. The number of fused-ring (bicyclic) bond motifs is 1. The molecule has 0 saturated carbocycles. The fourth-order valence-electron chi connectivity index (χ4n) is 5.68. The molecule has 1 saturated heterocycles. The van der Waals surface area contributed by atoms with Crippen LogP contribution in [0.25, 0.3) is 33.3 Å². The lowest BCUT2D eigenvalue weighted by molar-refractivity contribution is -0.137. The average Bonchev–Trinajstić information content (AvgIpc) is 3.77. The molecular weight excluding hydrogens is 595 g/mol. The van der Waals surface area contributed by atoms with Gasteiger partial charge in [-0.25, -0.2) is 9.37 Å². The monoisotopic (exact) mass is 624 g/mol. The highest BCUT2D eigenvalue weighted by atomic mass is 19.1. The molecule has 1 aliphatic heterocycles. The number of carbonyl (C=O) groups is 4. The molecule has 4 aromatic heterocycles. The van der Waals surface area contributed by atoms with Crippen molar-refractivity contribution >= 4 is 40.3 Å². The van der Waals surface area contributed by atoms with Gasteiger partial charge >= 0.3 is 0 Å². The number of likely N-dealkylation sites (tertiary alicyclic amines) is 1. The zero-order valence-corrected chi connectivity index (χ0v) is 24.6. The van der Waals surface area contributed by atoms with Crippen molar-refractivity contribution in [2.75, 3.05) is 11.9 Å². The van der Waals surface area contributed by atoms with Gasteiger partial charge in [-0.2, -0.15) is 15.3 Å². The Bertz CT molecular complexity index is 1990. The van der Waals surface area contributed by atoms with E-state index in [0.717, 1.165) is 16.0 Å². The number of aromatic amines is 1. The highest BCUT2D eigenvalue weighted by Crippen LogP contribution is 2.28. The molecule has 234 valence electrons. The fraction of sp³-hybridized carbons (Fsp3) is 0.226. The van der Waals surface area contributed by atoms with E-state index in [1.165, 1.54) is 17.1 Å². The molecule has 0 radical (unpaired) electrons. The number of benzene rings is 1. The minimum absolute atomic E-state index is 0.0345. The first kappa shape index (κ1) is 30.1. The number of aromatic nitrogens is 6. The molecule has 2 unspecified atom stereocenters. The summed E-state index contributed by atoms with van der Waals surface area (Å²) in [5.74, 6) is -2.35. The molecule has 0 spiro atoms. The molecule has 0 bridgehead atoms. The number of primary amides is 2. The van der Waals surface area contributed by atoms with E-state index in [1.807, 2.05) is 6.92 Å². The normalized spacial score (nSPS) is 16.1. The lowest BCUT2D eigenvalue weighted by atomic mass is 10.0. The summed E-state index contributed by atoms with van der Waals surface area (Å²) in [4.78, 5) is 59.5. The maximum atomic E-state index is 14.7. The lowest BCUT2D eigenvalue weighted by Crippen LogP contribution is -2.44. The van der Waals surface area contributed by atoms with E-state index in [0.29, 0.717) is 39.8 Å². The number of pyridine rings is 1. The maximum Gasteiger partial charge on any atom is 0.269 e. The summed E-state index contributed by atoms with van der Waals surface area (Å²) in [6, 6.07) is 10.8. The van der Waals surface area contributed by atoms with Crippen molar-refractivity contribution in [2.45, 2.75) is 38.5 Å². The van der Waals surface area contributed by atoms with Crippen LogP contribution >= 0.6 is 0 Å². The molecule has 1 aromatic carbocycles. The molecule has 6 N–H and O–H groups in total. The Morgan fingerprint density at radius 1 is 1.00 bits per heavy atom. The van der Waals surface area contributed by atoms with E-state index in [2.05, 4.69) is 30.6 Å². The third kappa shape index (κ3) is 5.77. The van der Waals surface area contributed by atoms with Gasteiger partial charge in [0, 0.05) is 40.5 Å². The molecule has 2 atom stereocenters. The van der Waals surface area contributed by atoms with Gasteiger partial charge < -0.3 is 26.7 Å². The third-order valence-electron chi connectivity index (χ3n) is 7.90. The molecule has 46 heavy (non-hydrogen) atoms. The molecule has 5 aromatic rings. The van der Waals surface area contributed by atoms with Crippen LogP contribution in [0.2, 0.25) is 0 Å². The Kier molecular flexibility index (Phi) is 7.96. The van der Waals surface area contributed by atoms with Crippen molar-refractivity contribution in [3.05, 3.63) is 78.0 Å². The first-order valence-corrected chi connectivity index (χ1v) is 14.4. The van der Waals surface area contributed by atoms with Crippen LogP contribution in [-0.4, -0.2) is 77.2 Å². The molecule has 5 heterocycles. The van der Waals surface area contributed by atoms with E-state index < -0.39 is 35.8 Å². The van der Waals surface area contributed by atoms with E-state index in [1.54, 1.807) is 48.7 Å². The first-order valence-electron chi connectivity index (χ1n) is 14.4. The number of halogens is 1. The second kappa shape index (κ2) is 12.2. The zero-order chi connectivity index (χ0) is 32.5. The number of alkyl halides is 1. The number of nitrogens with two attached hydrogens (primary N) is 2. The van der Waals surface area contributed by atoms with Gasteiger partial charge in [-0.3, -0.25) is 23.9 Å². The van der Waals surface area contributed by atoms with Crippen molar-refractivity contribution in [3.63, 3.8) is 0 Å². The molecule has 1 aliphatic rings. The van der Waals surface area contributed by atoms with Crippen LogP contribution in [0.1, 0.15) is 39.9 Å². The van der Waals surface area contributed by atoms with Crippen LogP contribution < -0.4 is 16.8 Å². The Labute approximate surface area is 261 Å². The first-order chi connectivity index (χ1) is 22.1. The lowest BCUT2D eigenvalue weighted by Gasteiger charge is -2.23. The van der Waals surface area contributed by atoms with Gasteiger partial charge in [-0.05, 0) is 48.4 Å². The minimum atomic E-state index is -1.43. The Morgan fingerprint density at radius 3 is 2.50 bits per heavy atom. The van der Waals surface area contributed by atoms with Crippen LogP contribution in [-0.2, 0) is 22.6 Å². The quantitative estimate of drug-likeness (QED) is 0.191. The molecule has 4 amide bonds. The number of amides is 4. The summed E-state index contributed by atoms with van der Waals surface area (Å²) >= 11 is 0. The van der Waals surface area contributed by atoms with Crippen LogP contribution in [0.3, 0.4) is 0 Å². The zero-order valence-electron chi connectivity index (χ0n) is 24.6. The number of H-pyrrole nitrogens is 1. The topological polar surface area (TPSA) is 208 Å². The third-order valence-corrected chi connectivity index (χ3v) is 7.90. The highest BCUT2D eigenvalue weighted by molar-refractivity contribution is 6.05. The molecule has 15 heteroatoms. The van der Waals surface area contributed by atoms with Gasteiger partial charge in [-0.15, -0.1) is 0 Å². The van der Waals surface area contributed by atoms with Gasteiger partial charge in [0.2, 0.25) is 11.8 Å². The largest absolute Gasteiger partial charge is 0.366 e. The number of hydrogen-bond donors (Lipinski definition) is 4. The number of nitrogens with one attached hydrogen (secondary N) is 2. The Hall–Kier alpha value is -5.99. The van der Waals surface area contributed by atoms with Crippen molar-refractivity contribution < 1.29 is 23.6 Å². The van der Waals surface area contributed by atoms with Gasteiger partial charge in [0.25, 0.3) is 11.8 Å². The Balaban J connectivity index is 1.22. The average molecular weight is 625 g/mol.